The van der Waals surface area contributed by atoms with E-state index in [9.17, 15) is 4.79 Å². The highest BCUT2D eigenvalue weighted by atomic mass is 32.2. The highest BCUT2D eigenvalue weighted by Crippen LogP contribution is 2.26. The van der Waals surface area contributed by atoms with Crippen LogP contribution in [0.15, 0.2) is 40.0 Å². The van der Waals surface area contributed by atoms with Gasteiger partial charge in [-0.2, -0.15) is 0 Å². The van der Waals surface area contributed by atoms with Crippen LogP contribution in [0.5, 0.6) is 0 Å². The predicted molar refractivity (Wildman–Crippen MR) is 93.3 cm³/mol. The Balaban J connectivity index is 1.68. The Morgan fingerprint density at radius 3 is 2.74 bits per heavy atom. The van der Waals surface area contributed by atoms with Crippen LogP contribution in [0.25, 0.3) is 11.5 Å². The molecule has 0 spiro atoms. The van der Waals surface area contributed by atoms with E-state index in [1.807, 2.05) is 51.1 Å². The summed E-state index contributed by atoms with van der Waals surface area (Å²) in [5.74, 6) is 0.866. The molecule has 1 aromatic carbocycles. The van der Waals surface area contributed by atoms with Gasteiger partial charge in [0, 0.05) is 20.9 Å². The van der Waals surface area contributed by atoms with Gasteiger partial charge in [-0.25, -0.2) is 0 Å². The number of ketones is 1. The first kappa shape index (κ1) is 16.0. The van der Waals surface area contributed by atoms with E-state index in [1.165, 1.54) is 11.8 Å². The fourth-order valence-electron chi connectivity index (χ4n) is 2.28. The number of nitrogens with zero attached hydrogens (tertiary/aromatic N) is 2. The number of carbonyl (C=O) groups excluding carboxylic acids is 1. The van der Waals surface area contributed by atoms with Gasteiger partial charge >= 0.3 is 0 Å². The zero-order valence-electron chi connectivity index (χ0n) is 13.1. The Bertz CT molecular complexity index is 852. The fourth-order valence-corrected chi connectivity index (χ4v) is 3.86. The lowest BCUT2D eigenvalue weighted by Crippen LogP contribution is -2.02. The Morgan fingerprint density at radius 2 is 2.04 bits per heavy atom. The molecule has 0 aliphatic heterocycles. The molecule has 0 amide bonds. The van der Waals surface area contributed by atoms with E-state index in [-0.39, 0.29) is 5.78 Å². The van der Waals surface area contributed by atoms with Crippen molar-refractivity contribution in [1.29, 1.82) is 0 Å². The Morgan fingerprint density at radius 1 is 1.22 bits per heavy atom. The van der Waals surface area contributed by atoms with Crippen LogP contribution in [0.1, 0.15) is 25.7 Å². The van der Waals surface area contributed by atoms with Crippen molar-refractivity contribution >= 4 is 28.9 Å². The third-order valence-corrected chi connectivity index (χ3v) is 5.12. The summed E-state index contributed by atoms with van der Waals surface area (Å²) in [5, 5.41) is 8.48. The summed E-state index contributed by atoms with van der Waals surface area (Å²) in [6.45, 7) is 5.99. The Kier molecular flexibility index (Phi) is 4.63. The molecule has 0 bridgehead atoms. The van der Waals surface area contributed by atoms with Gasteiger partial charge in [-0.15, -0.1) is 21.5 Å². The van der Waals surface area contributed by atoms with Crippen LogP contribution in [0.3, 0.4) is 0 Å². The van der Waals surface area contributed by atoms with Gasteiger partial charge in [0.05, 0.1) is 5.75 Å². The highest BCUT2D eigenvalue weighted by molar-refractivity contribution is 7.99. The minimum absolute atomic E-state index is 0.0900. The standard InChI is InChI=1S/C17H16N2O2S2/c1-10-5-4-6-13(7-10)16-18-19-17(21-16)22-9-15(20)14-8-11(2)23-12(14)3/h4-8H,9H2,1-3H3. The monoisotopic (exact) mass is 344 g/mol. The lowest BCUT2D eigenvalue weighted by atomic mass is 10.1. The summed E-state index contributed by atoms with van der Waals surface area (Å²) >= 11 is 2.92. The molecule has 23 heavy (non-hydrogen) atoms. The largest absolute Gasteiger partial charge is 0.411 e. The van der Waals surface area contributed by atoms with Crippen molar-refractivity contribution in [2.24, 2.45) is 0 Å². The summed E-state index contributed by atoms with van der Waals surface area (Å²) < 4.78 is 5.64. The van der Waals surface area contributed by atoms with Gasteiger partial charge in [0.2, 0.25) is 5.89 Å². The molecule has 0 saturated carbocycles. The van der Waals surface area contributed by atoms with E-state index in [2.05, 4.69) is 10.2 Å². The molecule has 2 heterocycles. The molecule has 3 rings (SSSR count). The molecule has 4 nitrogen and oxygen atoms in total. The molecule has 0 aliphatic rings. The van der Waals surface area contributed by atoms with Crippen LogP contribution in [0, 0.1) is 20.8 Å². The third kappa shape index (κ3) is 3.71. The molecule has 0 atom stereocenters. The Labute approximate surface area is 142 Å². The van der Waals surface area contributed by atoms with Gasteiger partial charge in [0.1, 0.15) is 0 Å². The van der Waals surface area contributed by atoms with Gasteiger partial charge in [0.25, 0.3) is 5.22 Å². The van der Waals surface area contributed by atoms with Crippen molar-refractivity contribution < 1.29 is 9.21 Å². The molecular weight excluding hydrogens is 328 g/mol. The van der Waals surface area contributed by atoms with Gasteiger partial charge in [-0.1, -0.05) is 29.5 Å². The summed E-state index contributed by atoms with van der Waals surface area (Å²) in [7, 11) is 0. The molecule has 0 unspecified atom stereocenters. The highest BCUT2D eigenvalue weighted by Gasteiger charge is 2.15. The first-order chi connectivity index (χ1) is 11.0. The first-order valence-corrected chi connectivity index (χ1v) is 8.96. The number of hydrogen-bond donors (Lipinski definition) is 0. The minimum Gasteiger partial charge on any atom is -0.411 e. The molecule has 0 saturated heterocycles. The van der Waals surface area contributed by atoms with E-state index >= 15 is 0 Å². The summed E-state index contributed by atoms with van der Waals surface area (Å²) in [4.78, 5) is 14.5. The van der Waals surface area contributed by atoms with Crippen molar-refractivity contribution in [3.63, 3.8) is 0 Å². The minimum atomic E-state index is 0.0900. The third-order valence-electron chi connectivity index (χ3n) is 3.34. The number of aromatic nitrogens is 2. The van der Waals surface area contributed by atoms with Crippen LogP contribution in [-0.4, -0.2) is 21.7 Å². The van der Waals surface area contributed by atoms with E-state index < -0.39 is 0 Å². The number of hydrogen-bond acceptors (Lipinski definition) is 6. The quantitative estimate of drug-likeness (QED) is 0.496. The van der Waals surface area contributed by atoms with E-state index in [1.54, 1.807) is 11.3 Å². The molecular formula is C17H16N2O2S2. The number of thioether (sulfide) groups is 1. The first-order valence-electron chi connectivity index (χ1n) is 7.16. The number of benzene rings is 1. The normalized spacial score (nSPS) is 10.9. The summed E-state index contributed by atoms with van der Waals surface area (Å²) in [6, 6.07) is 9.82. The predicted octanol–water partition coefficient (Wildman–Crippen LogP) is 4.70. The topological polar surface area (TPSA) is 56.0 Å². The van der Waals surface area contributed by atoms with Gasteiger partial charge in [-0.05, 0) is 39.0 Å². The van der Waals surface area contributed by atoms with E-state index in [0.717, 1.165) is 26.4 Å². The summed E-state index contributed by atoms with van der Waals surface area (Å²) in [6.07, 6.45) is 0. The molecule has 0 radical (unpaired) electrons. The van der Waals surface area contributed by atoms with Crippen molar-refractivity contribution in [1.82, 2.24) is 10.2 Å². The maximum atomic E-state index is 12.3. The van der Waals surface area contributed by atoms with Crippen LogP contribution in [0.4, 0.5) is 0 Å². The zero-order chi connectivity index (χ0) is 16.4. The fraction of sp³-hybridized carbons (Fsp3) is 0.235. The average Bonchev–Trinajstić information content (AvgIpc) is 3.11. The molecule has 6 heteroatoms. The lowest BCUT2D eigenvalue weighted by molar-refractivity contribution is 0.102. The molecule has 0 N–H and O–H groups in total. The lowest BCUT2D eigenvalue weighted by Gasteiger charge is -1.97. The average molecular weight is 344 g/mol. The van der Waals surface area contributed by atoms with Gasteiger partial charge in [-0.3, -0.25) is 4.79 Å². The van der Waals surface area contributed by atoms with Crippen molar-refractivity contribution in [2.75, 3.05) is 5.75 Å². The Hall–Kier alpha value is -1.92. The number of aryl methyl sites for hydroxylation is 3. The van der Waals surface area contributed by atoms with Crippen molar-refractivity contribution in [2.45, 2.75) is 26.0 Å². The second kappa shape index (κ2) is 6.68. The second-order valence-electron chi connectivity index (χ2n) is 5.28. The number of rotatable bonds is 5. The molecule has 118 valence electrons. The number of Topliss-reactive ketones (excluding diaryl/α,β-unsaturated/α-hetero) is 1. The summed E-state index contributed by atoms with van der Waals surface area (Å²) in [5.41, 5.74) is 2.81. The van der Waals surface area contributed by atoms with Crippen LogP contribution in [-0.2, 0) is 0 Å². The molecule has 3 aromatic rings. The van der Waals surface area contributed by atoms with Crippen molar-refractivity contribution in [3.8, 4) is 11.5 Å². The smallest absolute Gasteiger partial charge is 0.277 e. The molecule has 0 aliphatic carbocycles. The zero-order valence-corrected chi connectivity index (χ0v) is 14.8. The van der Waals surface area contributed by atoms with Crippen LogP contribution < -0.4 is 0 Å². The maximum absolute atomic E-state index is 12.3. The van der Waals surface area contributed by atoms with E-state index in [4.69, 9.17) is 4.42 Å². The van der Waals surface area contributed by atoms with Crippen LogP contribution >= 0.6 is 23.1 Å². The number of carbonyl (C=O) groups is 1. The second-order valence-corrected chi connectivity index (χ2v) is 7.67. The molecule has 2 aromatic heterocycles. The van der Waals surface area contributed by atoms with E-state index in [0.29, 0.717) is 16.9 Å². The van der Waals surface area contributed by atoms with Crippen LogP contribution in [0.2, 0.25) is 0 Å². The number of thiophene rings is 1. The van der Waals surface area contributed by atoms with Crippen molar-refractivity contribution in [3.05, 3.63) is 51.2 Å². The molecule has 0 fully saturated rings. The SMILES string of the molecule is Cc1cccc(-c2nnc(SCC(=O)c3cc(C)sc3C)o2)c1. The van der Waals surface area contributed by atoms with Gasteiger partial charge in [0.15, 0.2) is 5.78 Å². The maximum Gasteiger partial charge on any atom is 0.277 e. The van der Waals surface area contributed by atoms with Gasteiger partial charge < -0.3 is 4.42 Å².